The molecule has 0 saturated heterocycles. The van der Waals surface area contributed by atoms with Gasteiger partial charge in [-0.3, -0.25) is 14.9 Å². The third-order valence-electron chi connectivity index (χ3n) is 4.13. The van der Waals surface area contributed by atoms with Gasteiger partial charge in [-0.25, -0.2) is 8.42 Å². The molecule has 30 heavy (non-hydrogen) atoms. The first-order valence-electron chi connectivity index (χ1n) is 8.86. The first-order valence-corrected chi connectivity index (χ1v) is 11.5. The van der Waals surface area contributed by atoms with E-state index < -0.39 is 31.1 Å². The Bertz CT molecular complexity index is 968. The number of nitrogens with zero attached hydrogens (tertiary/aromatic N) is 2. The first kappa shape index (κ1) is 24.2. The molecule has 0 amide bonds. The summed E-state index contributed by atoms with van der Waals surface area (Å²) in [6, 6.07) is 13.4. The predicted molar refractivity (Wildman–Crippen MR) is 118 cm³/mol. The lowest BCUT2D eigenvalue weighted by atomic mass is 10.2. The Morgan fingerprint density at radius 3 is 2.27 bits per heavy atom. The van der Waals surface area contributed by atoms with Crippen LogP contribution in [0.3, 0.4) is 0 Å². The number of nitro benzene ring substituents is 1. The van der Waals surface area contributed by atoms with E-state index in [0.29, 0.717) is 5.56 Å². The van der Waals surface area contributed by atoms with Gasteiger partial charge in [0.25, 0.3) is 5.69 Å². The number of sulfonamides is 1. The molecule has 0 N–H and O–H groups in total. The van der Waals surface area contributed by atoms with Crippen LogP contribution >= 0.6 is 22.6 Å². The molecule has 0 spiro atoms. The van der Waals surface area contributed by atoms with Crippen LogP contribution < -0.4 is 0 Å². The summed E-state index contributed by atoms with van der Waals surface area (Å²) in [5.74, 6) is -0.633. The molecule has 0 unspecified atom stereocenters. The van der Waals surface area contributed by atoms with Gasteiger partial charge in [-0.05, 0) is 24.6 Å². The van der Waals surface area contributed by atoms with Crippen LogP contribution in [0.5, 0.6) is 0 Å². The molecule has 2 aromatic carbocycles. The number of carbonyl (C=O) groups excluding carboxylic acids is 1. The molecule has 2 atom stereocenters. The van der Waals surface area contributed by atoms with Crippen LogP contribution in [0.2, 0.25) is 0 Å². The van der Waals surface area contributed by atoms with Crippen molar-refractivity contribution in [1.29, 1.82) is 0 Å². The van der Waals surface area contributed by atoms with Gasteiger partial charge in [-0.1, -0.05) is 52.9 Å². The molecule has 2 aromatic rings. The fourth-order valence-electron chi connectivity index (χ4n) is 2.66. The van der Waals surface area contributed by atoms with E-state index in [9.17, 15) is 23.3 Å². The summed E-state index contributed by atoms with van der Waals surface area (Å²) in [4.78, 5) is 22.3. The lowest BCUT2D eigenvalue weighted by Gasteiger charge is -2.32. The maximum absolute atomic E-state index is 13.5. The second kappa shape index (κ2) is 10.8. The number of rotatable bonds is 10. The Morgan fingerprint density at radius 2 is 1.77 bits per heavy atom. The summed E-state index contributed by atoms with van der Waals surface area (Å²) in [5.41, 5.74) is 0.451. The standard InChI is InChI=1S/C19H21IN2O7S/c1-3-29-18(17(20)19(23)28-2)21(13-14-7-5-4-6-8-14)30(26,27)16-11-9-15(10-12-16)22(24)25/h4-12,17-18H,3,13H2,1-2H3/t17-,18+/m0/s1. The summed E-state index contributed by atoms with van der Waals surface area (Å²) in [5, 5.41) is 10.9. The Hall–Kier alpha value is -2.09. The van der Waals surface area contributed by atoms with Crippen LogP contribution in [0.4, 0.5) is 5.69 Å². The number of hydrogen-bond donors (Lipinski definition) is 0. The molecule has 0 fully saturated rings. The van der Waals surface area contributed by atoms with Crippen molar-refractivity contribution in [2.24, 2.45) is 0 Å². The summed E-state index contributed by atoms with van der Waals surface area (Å²) in [7, 11) is -2.97. The van der Waals surface area contributed by atoms with Crippen molar-refractivity contribution in [2.75, 3.05) is 13.7 Å². The van der Waals surface area contributed by atoms with Crippen molar-refractivity contribution < 1.29 is 27.6 Å². The lowest BCUT2D eigenvalue weighted by Crippen LogP contribution is -2.49. The average molecular weight is 548 g/mol. The van der Waals surface area contributed by atoms with Crippen LogP contribution in [0.1, 0.15) is 12.5 Å². The van der Waals surface area contributed by atoms with E-state index in [2.05, 4.69) is 0 Å². The van der Waals surface area contributed by atoms with Crippen LogP contribution in [-0.2, 0) is 30.8 Å². The van der Waals surface area contributed by atoms with Gasteiger partial charge in [0.1, 0.15) is 10.2 Å². The van der Waals surface area contributed by atoms with Crippen molar-refractivity contribution >= 4 is 44.3 Å². The van der Waals surface area contributed by atoms with Crippen LogP contribution in [0, 0.1) is 10.1 Å². The van der Waals surface area contributed by atoms with E-state index in [4.69, 9.17) is 9.47 Å². The quantitative estimate of drug-likeness (QED) is 0.112. The molecule has 0 aliphatic heterocycles. The van der Waals surface area contributed by atoms with Gasteiger partial charge in [-0.15, -0.1) is 0 Å². The first-order chi connectivity index (χ1) is 14.2. The third kappa shape index (κ3) is 5.74. The van der Waals surface area contributed by atoms with Crippen molar-refractivity contribution in [3.63, 3.8) is 0 Å². The van der Waals surface area contributed by atoms with E-state index >= 15 is 0 Å². The van der Waals surface area contributed by atoms with Gasteiger partial charge in [0.05, 0.1) is 16.9 Å². The Morgan fingerprint density at radius 1 is 1.17 bits per heavy atom. The van der Waals surface area contributed by atoms with E-state index in [1.54, 1.807) is 59.8 Å². The van der Waals surface area contributed by atoms with E-state index in [1.807, 2.05) is 0 Å². The number of benzene rings is 2. The normalized spacial score (nSPS) is 13.6. The molecule has 0 bridgehead atoms. The molecule has 9 nitrogen and oxygen atoms in total. The van der Waals surface area contributed by atoms with Crippen molar-refractivity contribution in [3.8, 4) is 0 Å². The van der Waals surface area contributed by atoms with Crippen LogP contribution in [0.15, 0.2) is 59.5 Å². The van der Waals surface area contributed by atoms with E-state index in [1.165, 1.54) is 7.11 Å². The Balaban J connectivity index is 2.54. The predicted octanol–water partition coefficient (Wildman–Crippen LogP) is 3.12. The Labute approximate surface area is 188 Å². The summed E-state index contributed by atoms with van der Waals surface area (Å²) in [6.07, 6.45) is -1.15. The number of methoxy groups -OCH3 is 1. The average Bonchev–Trinajstić information content (AvgIpc) is 2.75. The minimum atomic E-state index is -4.18. The molecule has 0 aliphatic rings. The minimum absolute atomic E-state index is 0.0681. The Kier molecular flexibility index (Phi) is 8.70. The molecule has 0 aromatic heterocycles. The van der Waals surface area contributed by atoms with Gasteiger partial charge in [0.15, 0.2) is 0 Å². The number of esters is 1. The highest BCUT2D eigenvalue weighted by molar-refractivity contribution is 14.1. The second-order valence-corrected chi connectivity index (χ2v) is 9.29. The molecular formula is C19H21IN2O7S. The van der Waals surface area contributed by atoms with Gasteiger partial charge >= 0.3 is 5.97 Å². The monoisotopic (exact) mass is 548 g/mol. The number of alkyl halides is 1. The molecule has 2 rings (SSSR count). The zero-order chi connectivity index (χ0) is 22.3. The van der Waals surface area contributed by atoms with Crippen LogP contribution in [-0.4, -0.2) is 47.5 Å². The number of halogens is 1. The fourth-order valence-corrected chi connectivity index (χ4v) is 5.26. The lowest BCUT2D eigenvalue weighted by molar-refractivity contribution is -0.384. The highest BCUT2D eigenvalue weighted by Gasteiger charge is 2.39. The maximum atomic E-state index is 13.5. The summed E-state index contributed by atoms with van der Waals surface area (Å²) in [6.45, 7) is 1.77. The van der Waals surface area contributed by atoms with Crippen molar-refractivity contribution in [1.82, 2.24) is 4.31 Å². The zero-order valence-electron chi connectivity index (χ0n) is 16.3. The minimum Gasteiger partial charge on any atom is -0.468 e. The molecule has 162 valence electrons. The largest absolute Gasteiger partial charge is 0.468 e. The summed E-state index contributed by atoms with van der Waals surface area (Å²) >= 11 is 1.79. The number of hydrogen-bond acceptors (Lipinski definition) is 7. The molecule has 0 saturated carbocycles. The highest BCUT2D eigenvalue weighted by Crippen LogP contribution is 2.27. The highest BCUT2D eigenvalue weighted by atomic mass is 127. The van der Waals surface area contributed by atoms with Gasteiger partial charge in [0, 0.05) is 25.3 Å². The second-order valence-electron chi connectivity index (χ2n) is 6.06. The van der Waals surface area contributed by atoms with Gasteiger partial charge in [-0.2, -0.15) is 4.31 Å². The SMILES string of the molecule is CCO[C@H]([C@H](I)C(=O)OC)N(Cc1ccccc1)S(=O)(=O)c1ccc([N+](=O)[O-])cc1. The molecular weight excluding hydrogens is 527 g/mol. The zero-order valence-corrected chi connectivity index (χ0v) is 19.3. The molecule has 0 heterocycles. The number of carbonyl (C=O) groups is 1. The number of ether oxygens (including phenoxy) is 2. The topological polar surface area (TPSA) is 116 Å². The maximum Gasteiger partial charge on any atom is 0.322 e. The van der Waals surface area contributed by atoms with Gasteiger partial charge < -0.3 is 9.47 Å². The number of nitro groups is 1. The van der Waals surface area contributed by atoms with Crippen molar-refractivity contribution in [2.45, 2.75) is 28.5 Å². The van der Waals surface area contributed by atoms with E-state index in [0.717, 1.165) is 28.6 Å². The molecule has 11 heteroatoms. The molecule has 0 aliphatic carbocycles. The summed E-state index contributed by atoms with van der Waals surface area (Å²) < 4.78 is 37.5. The number of non-ortho nitro benzene ring substituents is 1. The van der Waals surface area contributed by atoms with E-state index in [-0.39, 0.29) is 23.7 Å². The van der Waals surface area contributed by atoms with Gasteiger partial charge in [0.2, 0.25) is 10.0 Å². The molecule has 0 radical (unpaired) electrons. The smallest absolute Gasteiger partial charge is 0.322 e. The fraction of sp³-hybridized carbons (Fsp3) is 0.316. The van der Waals surface area contributed by atoms with Crippen LogP contribution in [0.25, 0.3) is 0 Å². The third-order valence-corrected chi connectivity index (χ3v) is 7.08. The van der Waals surface area contributed by atoms with Crippen molar-refractivity contribution in [3.05, 3.63) is 70.3 Å².